The van der Waals surface area contributed by atoms with E-state index in [0.717, 1.165) is 18.9 Å². The van der Waals surface area contributed by atoms with Crippen molar-refractivity contribution in [3.63, 3.8) is 0 Å². The van der Waals surface area contributed by atoms with E-state index in [4.69, 9.17) is 0 Å². The molecule has 0 aliphatic heterocycles. The van der Waals surface area contributed by atoms with Crippen molar-refractivity contribution in [2.24, 2.45) is 5.92 Å². The van der Waals surface area contributed by atoms with Crippen molar-refractivity contribution in [2.45, 2.75) is 19.0 Å². The summed E-state index contributed by atoms with van der Waals surface area (Å²) in [5, 5.41) is 0. The number of halogens is 3. The zero-order chi connectivity index (χ0) is 13.3. The minimum Gasteiger partial charge on any atom is -0.374 e. The first-order valence-corrected chi connectivity index (χ1v) is 5.79. The van der Waals surface area contributed by atoms with Crippen molar-refractivity contribution in [1.82, 2.24) is 0 Å². The van der Waals surface area contributed by atoms with E-state index in [-0.39, 0.29) is 11.3 Å². The van der Waals surface area contributed by atoms with E-state index < -0.39 is 11.7 Å². The van der Waals surface area contributed by atoms with E-state index >= 15 is 0 Å². The third kappa shape index (κ3) is 2.83. The van der Waals surface area contributed by atoms with Crippen LogP contribution in [-0.2, 0) is 6.18 Å². The van der Waals surface area contributed by atoms with Gasteiger partial charge in [0.15, 0.2) is 0 Å². The Morgan fingerprint density at radius 2 is 2.06 bits per heavy atom. The molecule has 1 fully saturated rings. The molecule has 2 rings (SSSR count). The smallest absolute Gasteiger partial charge is 0.374 e. The van der Waals surface area contributed by atoms with E-state index in [1.807, 2.05) is 0 Å². The first-order chi connectivity index (χ1) is 8.41. The Balaban J connectivity index is 2.34. The molecule has 0 unspecified atom stereocenters. The van der Waals surface area contributed by atoms with Crippen LogP contribution in [0.25, 0.3) is 0 Å². The maximum absolute atomic E-state index is 12.9. The van der Waals surface area contributed by atoms with Gasteiger partial charge in [0.05, 0.1) is 5.56 Å². The zero-order valence-corrected chi connectivity index (χ0v) is 10.00. The molecule has 0 radical (unpaired) electrons. The predicted octanol–water partition coefficient (Wildman–Crippen LogP) is 3.36. The molecular formula is C13H14F3NO. The summed E-state index contributed by atoms with van der Waals surface area (Å²) in [5.74, 6) is 0.502. The number of carbonyl (C=O) groups excluding carboxylic acids is 1. The lowest BCUT2D eigenvalue weighted by Gasteiger charge is -2.23. The monoisotopic (exact) mass is 257 g/mol. The molecule has 0 heterocycles. The van der Waals surface area contributed by atoms with E-state index in [2.05, 4.69) is 0 Å². The van der Waals surface area contributed by atoms with Gasteiger partial charge in [0.1, 0.15) is 6.29 Å². The number of benzene rings is 1. The molecule has 0 spiro atoms. The van der Waals surface area contributed by atoms with Crippen LogP contribution in [0.3, 0.4) is 0 Å². The molecule has 0 amide bonds. The van der Waals surface area contributed by atoms with Gasteiger partial charge in [-0.1, -0.05) is 0 Å². The summed E-state index contributed by atoms with van der Waals surface area (Å²) < 4.78 is 38.8. The second-order valence-electron chi connectivity index (χ2n) is 4.72. The van der Waals surface area contributed by atoms with Crippen molar-refractivity contribution in [3.8, 4) is 0 Å². The van der Waals surface area contributed by atoms with E-state index in [1.54, 1.807) is 11.9 Å². The number of alkyl halides is 3. The van der Waals surface area contributed by atoms with Crippen LogP contribution >= 0.6 is 0 Å². The molecule has 0 aromatic heterocycles. The summed E-state index contributed by atoms with van der Waals surface area (Å²) in [7, 11) is 1.66. The highest BCUT2D eigenvalue weighted by atomic mass is 19.4. The van der Waals surface area contributed by atoms with E-state index in [9.17, 15) is 18.0 Å². The minimum atomic E-state index is -4.44. The number of hydrogen-bond acceptors (Lipinski definition) is 2. The lowest BCUT2D eigenvalue weighted by molar-refractivity contribution is -0.137. The Hall–Kier alpha value is -1.52. The first-order valence-electron chi connectivity index (χ1n) is 5.79. The van der Waals surface area contributed by atoms with Crippen LogP contribution < -0.4 is 4.90 Å². The Labute approximate surface area is 103 Å². The average Bonchev–Trinajstić information content (AvgIpc) is 3.11. The standard InChI is InChI=1S/C13H14F3NO/c1-17(7-9-2-3-9)12-5-4-10(8-18)6-11(12)13(14,15)16/h4-6,8-9H,2-3,7H2,1H3. The molecule has 0 saturated heterocycles. The first kappa shape index (κ1) is 12.9. The van der Waals surface area contributed by atoms with Gasteiger partial charge in [-0.2, -0.15) is 13.2 Å². The lowest BCUT2D eigenvalue weighted by atomic mass is 10.1. The van der Waals surface area contributed by atoms with Crippen LogP contribution in [0.2, 0.25) is 0 Å². The molecule has 98 valence electrons. The lowest BCUT2D eigenvalue weighted by Crippen LogP contribution is -2.23. The highest BCUT2D eigenvalue weighted by Crippen LogP contribution is 2.38. The van der Waals surface area contributed by atoms with Crippen molar-refractivity contribution >= 4 is 12.0 Å². The maximum atomic E-state index is 12.9. The molecular weight excluding hydrogens is 243 g/mol. The molecule has 2 nitrogen and oxygen atoms in total. The largest absolute Gasteiger partial charge is 0.418 e. The normalized spacial score (nSPS) is 15.6. The maximum Gasteiger partial charge on any atom is 0.418 e. The second kappa shape index (κ2) is 4.63. The molecule has 1 saturated carbocycles. The summed E-state index contributed by atoms with van der Waals surface area (Å²) in [6.07, 6.45) is -1.84. The van der Waals surface area contributed by atoms with Crippen molar-refractivity contribution in [1.29, 1.82) is 0 Å². The fourth-order valence-corrected chi connectivity index (χ4v) is 1.97. The van der Waals surface area contributed by atoms with E-state index in [1.165, 1.54) is 12.1 Å². The van der Waals surface area contributed by atoms with Gasteiger partial charge in [-0.25, -0.2) is 0 Å². The summed E-state index contributed by atoms with van der Waals surface area (Å²) in [6.45, 7) is 0.628. The van der Waals surface area contributed by atoms with Gasteiger partial charge < -0.3 is 4.90 Å². The average molecular weight is 257 g/mol. The summed E-state index contributed by atoms with van der Waals surface area (Å²) in [5.41, 5.74) is -0.554. The number of nitrogens with zero attached hydrogens (tertiary/aromatic N) is 1. The van der Waals surface area contributed by atoms with Gasteiger partial charge in [0.2, 0.25) is 0 Å². The zero-order valence-electron chi connectivity index (χ0n) is 10.00. The highest BCUT2D eigenvalue weighted by molar-refractivity contribution is 5.77. The second-order valence-corrected chi connectivity index (χ2v) is 4.72. The third-order valence-corrected chi connectivity index (χ3v) is 3.10. The van der Waals surface area contributed by atoms with Gasteiger partial charge in [0.25, 0.3) is 0 Å². The van der Waals surface area contributed by atoms with Gasteiger partial charge in [0, 0.05) is 24.8 Å². The number of rotatable bonds is 4. The van der Waals surface area contributed by atoms with Gasteiger partial charge in [-0.05, 0) is 37.0 Å². The van der Waals surface area contributed by atoms with Crippen LogP contribution in [0.5, 0.6) is 0 Å². The van der Waals surface area contributed by atoms with Crippen molar-refractivity contribution in [3.05, 3.63) is 29.3 Å². The molecule has 5 heteroatoms. The van der Waals surface area contributed by atoms with Crippen molar-refractivity contribution in [2.75, 3.05) is 18.5 Å². The Morgan fingerprint density at radius 3 is 2.56 bits per heavy atom. The van der Waals surface area contributed by atoms with Crippen LogP contribution in [0, 0.1) is 5.92 Å². The summed E-state index contributed by atoms with van der Waals surface area (Å²) >= 11 is 0. The molecule has 1 aliphatic rings. The molecule has 18 heavy (non-hydrogen) atoms. The Bertz CT molecular complexity index is 452. The Kier molecular flexibility index (Phi) is 3.32. The SMILES string of the molecule is CN(CC1CC1)c1ccc(C=O)cc1C(F)(F)F. The molecule has 0 bridgehead atoms. The number of hydrogen-bond donors (Lipinski definition) is 0. The molecule has 0 N–H and O–H groups in total. The highest BCUT2D eigenvalue weighted by Gasteiger charge is 2.35. The van der Waals surface area contributed by atoms with Crippen LogP contribution in [-0.4, -0.2) is 19.9 Å². The van der Waals surface area contributed by atoms with E-state index in [0.29, 0.717) is 18.7 Å². The van der Waals surface area contributed by atoms with Gasteiger partial charge >= 0.3 is 6.18 Å². The molecule has 0 atom stereocenters. The molecule has 1 aromatic carbocycles. The topological polar surface area (TPSA) is 20.3 Å². The van der Waals surface area contributed by atoms with Gasteiger partial charge in [-0.3, -0.25) is 4.79 Å². The van der Waals surface area contributed by atoms with Crippen LogP contribution in [0.4, 0.5) is 18.9 Å². The molecule has 1 aliphatic carbocycles. The van der Waals surface area contributed by atoms with Crippen LogP contribution in [0.1, 0.15) is 28.8 Å². The summed E-state index contributed by atoms with van der Waals surface area (Å²) in [4.78, 5) is 12.2. The third-order valence-electron chi connectivity index (χ3n) is 3.10. The quantitative estimate of drug-likeness (QED) is 0.771. The van der Waals surface area contributed by atoms with Gasteiger partial charge in [-0.15, -0.1) is 0 Å². The minimum absolute atomic E-state index is 0.0471. The van der Waals surface area contributed by atoms with Crippen LogP contribution in [0.15, 0.2) is 18.2 Å². The number of anilines is 1. The fourth-order valence-electron chi connectivity index (χ4n) is 1.97. The fraction of sp³-hybridized carbons (Fsp3) is 0.462. The Morgan fingerprint density at radius 1 is 1.39 bits per heavy atom. The summed E-state index contributed by atoms with van der Waals surface area (Å²) in [6, 6.07) is 3.70. The van der Waals surface area contributed by atoms with Crippen molar-refractivity contribution < 1.29 is 18.0 Å². The number of aldehydes is 1. The predicted molar refractivity (Wildman–Crippen MR) is 62.8 cm³/mol. The molecule has 1 aromatic rings. The number of carbonyl (C=O) groups is 1.